The number of nitrogens with one attached hydrogen (secondary N) is 1. The van der Waals surface area contributed by atoms with Gasteiger partial charge in [-0.05, 0) is 31.7 Å². The number of hydrogen-bond donors (Lipinski definition) is 2. The first-order valence-electron chi connectivity index (χ1n) is 6.62. The van der Waals surface area contributed by atoms with Gasteiger partial charge in [0.2, 0.25) is 5.91 Å². The summed E-state index contributed by atoms with van der Waals surface area (Å²) < 4.78 is 0. The average Bonchev–Trinajstić information content (AvgIpc) is 2.34. The van der Waals surface area contributed by atoms with Crippen LogP contribution in [-0.4, -0.2) is 23.5 Å². The number of unbranched alkanes of at least 4 members (excludes halogenated alkanes) is 1. The van der Waals surface area contributed by atoms with E-state index in [1.807, 2.05) is 25.1 Å². The Labute approximate surface area is 113 Å². The van der Waals surface area contributed by atoms with Gasteiger partial charge in [-0.2, -0.15) is 0 Å². The van der Waals surface area contributed by atoms with Crippen molar-refractivity contribution in [2.45, 2.75) is 39.0 Å². The highest BCUT2D eigenvalue weighted by molar-refractivity contribution is 5.75. The van der Waals surface area contributed by atoms with Crippen molar-refractivity contribution in [1.82, 2.24) is 5.32 Å². The van der Waals surface area contributed by atoms with Gasteiger partial charge in [0.25, 0.3) is 0 Å². The van der Waals surface area contributed by atoms with Gasteiger partial charge in [-0.25, -0.2) is 0 Å². The zero-order chi connectivity index (χ0) is 14.1. The molecule has 4 heteroatoms. The van der Waals surface area contributed by atoms with E-state index >= 15 is 0 Å². The lowest BCUT2D eigenvalue weighted by Crippen LogP contribution is -2.25. The number of amides is 1. The predicted octanol–water partition coefficient (Wildman–Crippen LogP) is 2.30. The summed E-state index contributed by atoms with van der Waals surface area (Å²) in [4.78, 5) is 21.8. The molecule has 1 aromatic rings. The molecular formula is C15H21NO3. The summed E-state index contributed by atoms with van der Waals surface area (Å²) in [6.07, 6.45) is 2.55. The van der Waals surface area contributed by atoms with Crippen molar-refractivity contribution in [2.24, 2.45) is 0 Å². The maximum atomic E-state index is 11.5. The number of rotatable bonds is 8. The molecule has 4 nitrogen and oxygen atoms in total. The van der Waals surface area contributed by atoms with Gasteiger partial charge < -0.3 is 10.4 Å². The van der Waals surface area contributed by atoms with Crippen LogP contribution in [0.5, 0.6) is 0 Å². The highest BCUT2D eigenvalue weighted by Crippen LogP contribution is 2.04. The molecule has 0 aromatic heterocycles. The van der Waals surface area contributed by atoms with Gasteiger partial charge in [0.1, 0.15) is 0 Å². The first-order chi connectivity index (χ1) is 9.08. The van der Waals surface area contributed by atoms with E-state index in [1.54, 1.807) is 0 Å². The summed E-state index contributed by atoms with van der Waals surface area (Å²) in [5.41, 5.74) is 2.43. The average molecular weight is 263 g/mol. The molecule has 0 fully saturated rings. The molecule has 0 radical (unpaired) electrons. The maximum absolute atomic E-state index is 11.5. The van der Waals surface area contributed by atoms with Crippen LogP contribution in [0.4, 0.5) is 0 Å². The molecule has 0 bridgehead atoms. The molecule has 0 aliphatic heterocycles. The molecule has 0 aliphatic carbocycles. The van der Waals surface area contributed by atoms with Crippen LogP contribution >= 0.6 is 0 Å². The van der Waals surface area contributed by atoms with Crippen LogP contribution in [0.15, 0.2) is 24.3 Å². The lowest BCUT2D eigenvalue weighted by molar-refractivity contribution is -0.137. The lowest BCUT2D eigenvalue weighted by Gasteiger charge is -2.05. The molecule has 2 N–H and O–H groups in total. The van der Waals surface area contributed by atoms with E-state index in [-0.39, 0.29) is 12.3 Å². The summed E-state index contributed by atoms with van der Waals surface area (Å²) in [6, 6.07) is 8.22. The maximum Gasteiger partial charge on any atom is 0.303 e. The van der Waals surface area contributed by atoms with Crippen molar-refractivity contribution in [1.29, 1.82) is 0 Å². The number of benzene rings is 1. The Balaban J connectivity index is 2.12. The largest absolute Gasteiger partial charge is 0.481 e. The Morgan fingerprint density at radius 3 is 2.63 bits per heavy atom. The standard InChI is InChI=1S/C15H21NO3/c1-12-5-4-6-13(11-12)9-10-16-14(17)7-2-3-8-15(18)19/h4-6,11H,2-3,7-10H2,1H3,(H,16,17)(H,18,19). The molecule has 0 unspecified atom stereocenters. The van der Waals surface area contributed by atoms with Gasteiger partial charge in [0.05, 0.1) is 0 Å². The van der Waals surface area contributed by atoms with Crippen molar-refractivity contribution in [3.63, 3.8) is 0 Å². The van der Waals surface area contributed by atoms with Crippen LogP contribution in [0.3, 0.4) is 0 Å². The lowest BCUT2D eigenvalue weighted by atomic mass is 10.1. The molecular weight excluding hydrogens is 242 g/mol. The first kappa shape index (κ1) is 15.2. The van der Waals surface area contributed by atoms with Gasteiger partial charge in [-0.15, -0.1) is 0 Å². The fraction of sp³-hybridized carbons (Fsp3) is 0.467. The van der Waals surface area contributed by atoms with Crippen molar-refractivity contribution < 1.29 is 14.7 Å². The van der Waals surface area contributed by atoms with E-state index in [0.29, 0.717) is 25.8 Å². The zero-order valence-corrected chi connectivity index (χ0v) is 11.3. The van der Waals surface area contributed by atoms with Crippen molar-refractivity contribution >= 4 is 11.9 Å². The summed E-state index contributed by atoms with van der Waals surface area (Å²) in [5.74, 6) is -0.808. The molecule has 0 saturated heterocycles. The van der Waals surface area contributed by atoms with Crippen LogP contribution in [0.1, 0.15) is 36.8 Å². The van der Waals surface area contributed by atoms with Crippen LogP contribution in [0, 0.1) is 6.92 Å². The molecule has 0 heterocycles. The van der Waals surface area contributed by atoms with Crippen LogP contribution in [0.25, 0.3) is 0 Å². The second kappa shape index (κ2) is 8.29. The van der Waals surface area contributed by atoms with Crippen molar-refractivity contribution in [2.75, 3.05) is 6.54 Å². The fourth-order valence-electron chi connectivity index (χ4n) is 1.86. The van der Waals surface area contributed by atoms with E-state index in [4.69, 9.17) is 5.11 Å². The van der Waals surface area contributed by atoms with E-state index in [2.05, 4.69) is 11.4 Å². The van der Waals surface area contributed by atoms with Crippen molar-refractivity contribution in [3.8, 4) is 0 Å². The number of hydrogen-bond acceptors (Lipinski definition) is 2. The fourth-order valence-corrected chi connectivity index (χ4v) is 1.86. The summed E-state index contributed by atoms with van der Waals surface area (Å²) in [6.45, 7) is 2.67. The second-order valence-corrected chi connectivity index (χ2v) is 4.69. The monoisotopic (exact) mass is 263 g/mol. The van der Waals surface area contributed by atoms with E-state index in [1.165, 1.54) is 11.1 Å². The molecule has 0 spiro atoms. The van der Waals surface area contributed by atoms with E-state index in [0.717, 1.165) is 6.42 Å². The Morgan fingerprint density at radius 2 is 1.95 bits per heavy atom. The number of carbonyl (C=O) groups excluding carboxylic acids is 1. The normalized spacial score (nSPS) is 10.2. The number of aliphatic carboxylic acids is 1. The highest BCUT2D eigenvalue weighted by Gasteiger charge is 2.02. The van der Waals surface area contributed by atoms with Gasteiger partial charge in [0.15, 0.2) is 0 Å². The van der Waals surface area contributed by atoms with E-state index < -0.39 is 5.97 Å². The Morgan fingerprint density at radius 1 is 1.21 bits per heavy atom. The molecule has 0 atom stereocenters. The minimum absolute atomic E-state index is 0.00181. The topological polar surface area (TPSA) is 66.4 Å². The molecule has 0 aliphatic rings. The second-order valence-electron chi connectivity index (χ2n) is 4.69. The number of carboxylic acid groups (broad SMARTS) is 1. The third-order valence-corrected chi connectivity index (χ3v) is 2.86. The Bertz CT molecular complexity index is 429. The third kappa shape index (κ3) is 7.24. The predicted molar refractivity (Wildman–Crippen MR) is 74.0 cm³/mol. The highest BCUT2D eigenvalue weighted by atomic mass is 16.4. The minimum Gasteiger partial charge on any atom is -0.481 e. The molecule has 1 rings (SSSR count). The van der Waals surface area contributed by atoms with E-state index in [9.17, 15) is 9.59 Å². The summed E-state index contributed by atoms with van der Waals surface area (Å²) in [5, 5.41) is 11.3. The quantitative estimate of drug-likeness (QED) is 0.707. The van der Waals surface area contributed by atoms with Crippen molar-refractivity contribution in [3.05, 3.63) is 35.4 Å². The van der Waals surface area contributed by atoms with Gasteiger partial charge >= 0.3 is 5.97 Å². The molecule has 104 valence electrons. The third-order valence-electron chi connectivity index (χ3n) is 2.86. The zero-order valence-electron chi connectivity index (χ0n) is 11.3. The van der Waals surface area contributed by atoms with Gasteiger partial charge in [-0.3, -0.25) is 9.59 Å². The first-order valence-corrected chi connectivity index (χ1v) is 6.62. The van der Waals surface area contributed by atoms with Gasteiger partial charge in [-0.1, -0.05) is 29.8 Å². The number of carbonyl (C=O) groups is 2. The van der Waals surface area contributed by atoms with Crippen LogP contribution in [-0.2, 0) is 16.0 Å². The van der Waals surface area contributed by atoms with Gasteiger partial charge in [0, 0.05) is 19.4 Å². The minimum atomic E-state index is -0.806. The number of carboxylic acids is 1. The molecule has 1 amide bonds. The molecule has 1 aromatic carbocycles. The summed E-state index contributed by atoms with van der Waals surface area (Å²) >= 11 is 0. The Hall–Kier alpha value is -1.84. The van der Waals surface area contributed by atoms with Crippen LogP contribution in [0.2, 0.25) is 0 Å². The smallest absolute Gasteiger partial charge is 0.303 e. The Kier molecular flexibility index (Phi) is 6.64. The summed E-state index contributed by atoms with van der Waals surface area (Å²) in [7, 11) is 0. The SMILES string of the molecule is Cc1cccc(CCNC(=O)CCCCC(=O)O)c1. The molecule has 19 heavy (non-hydrogen) atoms. The van der Waals surface area contributed by atoms with Crippen LogP contribution < -0.4 is 5.32 Å². The molecule has 0 saturated carbocycles. The number of aryl methyl sites for hydroxylation is 1.